The van der Waals surface area contributed by atoms with Crippen LogP contribution in [0.15, 0.2) is 42.5 Å². The average molecular weight is 564 g/mol. The van der Waals surface area contributed by atoms with Crippen molar-refractivity contribution in [1.29, 1.82) is 0 Å². The number of hydrogen-bond donors (Lipinski definition) is 2. The summed E-state index contributed by atoms with van der Waals surface area (Å²) in [5, 5.41) is 15.4. The van der Waals surface area contributed by atoms with E-state index in [-0.39, 0.29) is 35.1 Å². The summed E-state index contributed by atoms with van der Waals surface area (Å²) >= 11 is 1.51. The van der Waals surface area contributed by atoms with Gasteiger partial charge in [-0.15, -0.1) is 11.3 Å². The zero-order valence-corrected chi connectivity index (χ0v) is 25.3. The number of carbonyl (C=O) groups is 1. The van der Waals surface area contributed by atoms with Crippen molar-refractivity contribution >= 4 is 49.4 Å². The van der Waals surface area contributed by atoms with Gasteiger partial charge in [-0.1, -0.05) is 36.4 Å². The Morgan fingerprint density at radius 3 is 2.48 bits per heavy atom. The number of aryl methyl sites for hydroxylation is 1. The first kappa shape index (κ1) is 28.2. The number of ether oxygens (including phenoxy) is 1. The normalized spacial score (nSPS) is 13.4. The Balaban J connectivity index is 0.00000323. The number of carboxylic acid groups (broad SMARTS) is 1. The molecule has 12 heteroatoms. The van der Waals surface area contributed by atoms with Crippen molar-refractivity contribution in [1.82, 2.24) is 25.3 Å². The van der Waals surface area contributed by atoms with E-state index in [4.69, 9.17) is 30.4 Å². The molecule has 0 spiro atoms. The summed E-state index contributed by atoms with van der Waals surface area (Å²) in [6, 6.07) is 12.3. The number of benzene rings is 2. The summed E-state index contributed by atoms with van der Waals surface area (Å²) in [5.74, 6) is 0.587. The largest absolute Gasteiger partial charge is 1.00 e. The Morgan fingerprint density at radius 1 is 1.07 bits per heavy atom. The Labute approximate surface area is 256 Å². The number of aromatic nitrogens is 4. The molecule has 40 heavy (non-hydrogen) atoms. The SMILES string of the molecule is CCOc1nc(N2CCNCC2)nc2c1sc1nc(-c3ccc(-c4ccc(C(=O)[O-])cc4N)cc3)nc(C)c12.[Na+]. The number of nitrogens with two attached hydrogens (primary N) is 1. The second-order valence-electron chi connectivity index (χ2n) is 9.26. The van der Waals surface area contributed by atoms with Crippen LogP contribution in [0.1, 0.15) is 23.0 Å². The van der Waals surface area contributed by atoms with E-state index in [1.165, 1.54) is 23.5 Å². The van der Waals surface area contributed by atoms with Crippen LogP contribution in [0.4, 0.5) is 11.6 Å². The van der Waals surface area contributed by atoms with Crippen molar-refractivity contribution in [3.8, 4) is 28.4 Å². The fourth-order valence-corrected chi connectivity index (χ4v) is 5.90. The van der Waals surface area contributed by atoms with Crippen LogP contribution >= 0.6 is 11.3 Å². The third kappa shape index (κ3) is 5.23. The zero-order chi connectivity index (χ0) is 27.1. The molecule has 0 bridgehead atoms. The fourth-order valence-electron chi connectivity index (χ4n) is 4.79. The Bertz CT molecular complexity index is 1720. The molecule has 10 nitrogen and oxygen atoms in total. The number of hydrogen-bond acceptors (Lipinski definition) is 11. The third-order valence-electron chi connectivity index (χ3n) is 6.74. The second-order valence-corrected chi connectivity index (χ2v) is 10.3. The molecule has 1 aliphatic rings. The van der Waals surface area contributed by atoms with Crippen molar-refractivity contribution in [2.45, 2.75) is 13.8 Å². The number of nitrogen functional groups attached to an aromatic ring is 1. The number of fused-ring (bicyclic) bond motifs is 3. The summed E-state index contributed by atoms with van der Waals surface area (Å²) in [4.78, 5) is 33.6. The van der Waals surface area contributed by atoms with Gasteiger partial charge in [0.2, 0.25) is 11.8 Å². The molecule has 0 radical (unpaired) electrons. The minimum absolute atomic E-state index is 0. The van der Waals surface area contributed by atoms with E-state index in [2.05, 4.69) is 10.2 Å². The van der Waals surface area contributed by atoms with Crippen LogP contribution in [0.5, 0.6) is 5.88 Å². The van der Waals surface area contributed by atoms with Gasteiger partial charge >= 0.3 is 29.6 Å². The molecule has 0 atom stereocenters. The molecule has 3 aromatic heterocycles. The molecular formula is C28H26N7NaO3S. The van der Waals surface area contributed by atoms with Gasteiger partial charge in [-0.25, -0.2) is 15.0 Å². The van der Waals surface area contributed by atoms with E-state index in [1.807, 2.05) is 38.1 Å². The van der Waals surface area contributed by atoms with E-state index in [1.54, 1.807) is 6.07 Å². The molecule has 1 aliphatic heterocycles. The van der Waals surface area contributed by atoms with E-state index in [0.29, 0.717) is 29.9 Å². The molecular weight excluding hydrogens is 537 g/mol. The van der Waals surface area contributed by atoms with Gasteiger partial charge in [0.1, 0.15) is 15.0 Å². The first-order valence-electron chi connectivity index (χ1n) is 12.7. The molecule has 0 unspecified atom stereocenters. The third-order valence-corrected chi connectivity index (χ3v) is 7.80. The van der Waals surface area contributed by atoms with E-state index in [9.17, 15) is 9.90 Å². The number of aromatic carboxylic acids is 1. The maximum Gasteiger partial charge on any atom is 1.00 e. The quantitative estimate of drug-likeness (QED) is 0.215. The smallest absolute Gasteiger partial charge is 0.545 e. The predicted octanol–water partition coefficient (Wildman–Crippen LogP) is 0.0349. The van der Waals surface area contributed by atoms with Crippen molar-refractivity contribution in [3.05, 3.63) is 53.7 Å². The van der Waals surface area contributed by atoms with Crippen LogP contribution in [0.25, 0.3) is 42.9 Å². The molecule has 198 valence electrons. The van der Waals surface area contributed by atoms with Gasteiger partial charge in [0.15, 0.2) is 5.82 Å². The number of anilines is 2. The maximum absolute atomic E-state index is 11.1. The molecule has 5 aromatic rings. The van der Waals surface area contributed by atoms with E-state index < -0.39 is 5.97 Å². The van der Waals surface area contributed by atoms with E-state index in [0.717, 1.165) is 69.0 Å². The van der Waals surface area contributed by atoms with Crippen molar-refractivity contribution in [2.75, 3.05) is 43.4 Å². The zero-order valence-electron chi connectivity index (χ0n) is 22.5. The van der Waals surface area contributed by atoms with Gasteiger partial charge in [-0.3, -0.25) is 0 Å². The van der Waals surface area contributed by atoms with Gasteiger partial charge in [0.25, 0.3) is 0 Å². The molecule has 3 N–H and O–H groups in total. The van der Waals surface area contributed by atoms with Gasteiger partial charge in [-0.05, 0) is 31.0 Å². The van der Waals surface area contributed by atoms with Crippen LogP contribution < -0.4 is 55.4 Å². The Kier molecular flexibility index (Phi) is 8.20. The van der Waals surface area contributed by atoms with Crippen molar-refractivity contribution in [3.63, 3.8) is 0 Å². The number of nitrogens with zero attached hydrogens (tertiary/aromatic N) is 5. The standard InChI is InChI=1S/C28H27N7O3S.Na/c1-3-38-25-23-22(32-28(34-25)35-12-10-30-11-13-35)21-15(2)31-24(33-26(21)39-23)17-6-4-16(5-7-17)19-9-8-18(27(36)37)14-20(19)29;/h4-9,14,30H,3,10-13,29H2,1-2H3,(H,36,37);/q;+1/p-1. The molecule has 0 aliphatic carbocycles. The maximum atomic E-state index is 11.1. The fraction of sp³-hybridized carbons (Fsp3) is 0.250. The van der Waals surface area contributed by atoms with Gasteiger partial charge in [-0.2, -0.15) is 4.98 Å². The van der Waals surface area contributed by atoms with Crippen molar-refractivity contribution in [2.24, 2.45) is 0 Å². The average Bonchev–Trinajstić information content (AvgIpc) is 3.33. The van der Waals surface area contributed by atoms with Crippen LogP contribution in [-0.2, 0) is 0 Å². The topological polar surface area (TPSA) is 142 Å². The van der Waals surface area contributed by atoms with Crippen LogP contribution in [-0.4, -0.2) is 58.7 Å². The summed E-state index contributed by atoms with van der Waals surface area (Å²) < 4.78 is 6.81. The van der Waals surface area contributed by atoms with E-state index >= 15 is 0 Å². The Morgan fingerprint density at radius 2 is 1.80 bits per heavy atom. The number of carbonyl (C=O) groups excluding carboxylic acids is 1. The molecule has 4 heterocycles. The molecule has 1 fully saturated rings. The number of nitrogens with one attached hydrogen (secondary N) is 1. The summed E-state index contributed by atoms with van der Waals surface area (Å²) in [6.07, 6.45) is 0. The Hall–Kier alpha value is -3.35. The van der Waals surface area contributed by atoms with Gasteiger partial charge in [0.05, 0.1) is 23.7 Å². The predicted molar refractivity (Wildman–Crippen MR) is 151 cm³/mol. The summed E-state index contributed by atoms with van der Waals surface area (Å²) in [7, 11) is 0. The monoisotopic (exact) mass is 563 g/mol. The minimum atomic E-state index is -1.26. The molecule has 1 saturated heterocycles. The van der Waals surface area contributed by atoms with Crippen molar-refractivity contribution < 1.29 is 44.2 Å². The minimum Gasteiger partial charge on any atom is -0.545 e. The number of piperazine rings is 1. The van der Waals surface area contributed by atoms with Gasteiger partial charge in [0, 0.05) is 43.0 Å². The van der Waals surface area contributed by atoms with Crippen LogP contribution in [0.2, 0.25) is 0 Å². The van der Waals surface area contributed by atoms with Gasteiger partial charge < -0.3 is 30.6 Å². The summed E-state index contributed by atoms with van der Waals surface area (Å²) in [5.41, 5.74) is 10.6. The molecule has 2 aromatic carbocycles. The van der Waals surface area contributed by atoms with Crippen LogP contribution in [0.3, 0.4) is 0 Å². The number of carboxylic acids is 1. The first-order chi connectivity index (χ1) is 18.9. The number of thiophene rings is 1. The summed E-state index contributed by atoms with van der Waals surface area (Å²) in [6.45, 7) is 7.87. The number of rotatable bonds is 6. The molecule has 0 amide bonds. The second kappa shape index (κ2) is 11.6. The molecule has 0 saturated carbocycles. The van der Waals surface area contributed by atoms with Crippen LogP contribution in [0, 0.1) is 6.92 Å². The first-order valence-corrected chi connectivity index (χ1v) is 13.5. The molecule has 6 rings (SSSR count).